The lowest BCUT2D eigenvalue weighted by Gasteiger charge is -2.27. The van der Waals surface area contributed by atoms with Crippen LogP contribution in [-0.4, -0.2) is 0 Å². The van der Waals surface area contributed by atoms with Crippen LogP contribution in [0.25, 0.3) is 21.5 Å². The summed E-state index contributed by atoms with van der Waals surface area (Å²) in [5.74, 6) is 0. The standard InChI is InChI=1S/C28H23N/c1-20-10-15-23(16-11-20)29(24-17-12-21(2)13-18-24)28-9-5-8-26-25-7-4-3-6-22(25)14-19-27(26)28/h3-19H,1-2H3. The summed E-state index contributed by atoms with van der Waals surface area (Å²) in [4.78, 5) is 2.36. The molecule has 0 aliphatic rings. The molecule has 1 nitrogen and oxygen atoms in total. The monoisotopic (exact) mass is 373 g/mol. The van der Waals surface area contributed by atoms with Crippen molar-refractivity contribution in [3.05, 3.63) is 114 Å². The van der Waals surface area contributed by atoms with E-state index in [0.29, 0.717) is 0 Å². The number of nitrogens with zero attached hydrogens (tertiary/aromatic N) is 1. The zero-order valence-corrected chi connectivity index (χ0v) is 16.8. The summed E-state index contributed by atoms with van der Waals surface area (Å²) in [6.45, 7) is 4.26. The van der Waals surface area contributed by atoms with Crippen LogP contribution in [0.2, 0.25) is 0 Å². The second-order valence-corrected chi connectivity index (χ2v) is 7.67. The van der Waals surface area contributed by atoms with E-state index in [1.807, 2.05) is 0 Å². The molecule has 0 aliphatic carbocycles. The van der Waals surface area contributed by atoms with Crippen LogP contribution in [0, 0.1) is 13.8 Å². The van der Waals surface area contributed by atoms with Crippen LogP contribution >= 0.6 is 0 Å². The van der Waals surface area contributed by atoms with Crippen LogP contribution in [0.1, 0.15) is 11.1 Å². The fourth-order valence-electron chi connectivity index (χ4n) is 4.03. The molecule has 0 N–H and O–H groups in total. The van der Waals surface area contributed by atoms with Crippen molar-refractivity contribution in [1.82, 2.24) is 0 Å². The number of hydrogen-bond donors (Lipinski definition) is 0. The van der Waals surface area contributed by atoms with E-state index in [1.54, 1.807) is 0 Å². The van der Waals surface area contributed by atoms with E-state index in [-0.39, 0.29) is 0 Å². The summed E-state index contributed by atoms with van der Waals surface area (Å²) in [5, 5.41) is 5.10. The molecular weight excluding hydrogens is 350 g/mol. The maximum absolute atomic E-state index is 2.36. The third kappa shape index (κ3) is 3.15. The van der Waals surface area contributed by atoms with E-state index in [1.165, 1.54) is 49.7 Å². The second-order valence-electron chi connectivity index (χ2n) is 7.67. The lowest BCUT2D eigenvalue weighted by atomic mass is 10.00. The largest absolute Gasteiger partial charge is 0.310 e. The minimum atomic E-state index is 1.17. The summed E-state index contributed by atoms with van der Waals surface area (Å²) in [6, 6.07) is 37.2. The molecular formula is C28H23N. The Bertz CT molecular complexity index is 1250. The van der Waals surface area contributed by atoms with Gasteiger partial charge in [0.15, 0.2) is 0 Å². The van der Waals surface area contributed by atoms with E-state index in [4.69, 9.17) is 0 Å². The Labute approximate surface area is 171 Å². The first-order valence-corrected chi connectivity index (χ1v) is 10.0. The minimum absolute atomic E-state index is 1.17. The highest BCUT2D eigenvalue weighted by atomic mass is 15.1. The molecule has 5 aromatic rings. The van der Waals surface area contributed by atoms with Crippen LogP contribution in [0.3, 0.4) is 0 Å². The van der Waals surface area contributed by atoms with Gasteiger partial charge in [0.05, 0.1) is 5.69 Å². The Balaban J connectivity index is 1.80. The van der Waals surface area contributed by atoms with Gasteiger partial charge in [-0.05, 0) is 60.3 Å². The number of hydrogen-bond acceptors (Lipinski definition) is 1. The maximum Gasteiger partial charge on any atom is 0.0540 e. The quantitative estimate of drug-likeness (QED) is 0.289. The van der Waals surface area contributed by atoms with Crippen molar-refractivity contribution in [2.75, 3.05) is 4.90 Å². The topological polar surface area (TPSA) is 3.24 Å². The fourth-order valence-corrected chi connectivity index (χ4v) is 4.03. The van der Waals surface area contributed by atoms with E-state index in [9.17, 15) is 0 Å². The molecule has 0 heterocycles. The van der Waals surface area contributed by atoms with Gasteiger partial charge in [0.25, 0.3) is 0 Å². The van der Waals surface area contributed by atoms with Gasteiger partial charge in [-0.25, -0.2) is 0 Å². The lowest BCUT2D eigenvalue weighted by molar-refractivity contribution is 1.28. The predicted octanol–water partition coefficient (Wildman–Crippen LogP) is 8.08. The molecule has 0 fully saturated rings. The first-order chi connectivity index (χ1) is 14.2. The van der Waals surface area contributed by atoms with Gasteiger partial charge in [0.1, 0.15) is 0 Å². The summed E-state index contributed by atoms with van der Waals surface area (Å²) >= 11 is 0. The van der Waals surface area contributed by atoms with Gasteiger partial charge in [-0.2, -0.15) is 0 Å². The molecule has 0 bridgehead atoms. The molecule has 0 saturated carbocycles. The smallest absolute Gasteiger partial charge is 0.0540 e. The maximum atomic E-state index is 2.36. The summed E-state index contributed by atoms with van der Waals surface area (Å²) in [7, 11) is 0. The molecule has 0 unspecified atom stereocenters. The zero-order valence-electron chi connectivity index (χ0n) is 16.8. The number of fused-ring (bicyclic) bond motifs is 3. The van der Waals surface area contributed by atoms with Crippen molar-refractivity contribution in [3.63, 3.8) is 0 Å². The number of aryl methyl sites for hydroxylation is 2. The third-order valence-electron chi connectivity index (χ3n) is 5.59. The first-order valence-electron chi connectivity index (χ1n) is 10.0. The van der Waals surface area contributed by atoms with Crippen molar-refractivity contribution in [2.24, 2.45) is 0 Å². The zero-order chi connectivity index (χ0) is 19.8. The van der Waals surface area contributed by atoms with Crippen molar-refractivity contribution < 1.29 is 0 Å². The van der Waals surface area contributed by atoms with Crippen LogP contribution in [-0.2, 0) is 0 Å². The van der Waals surface area contributed by atoms with Gasteiger partial charge in [-0.3, -0.25) is 0 Å². The molecule has 0 aromatic heterocycles. The van der Waals surface area contributed by atoms with Crippen molar-refractivity contribution in [1.29, 1.82) is 0 Å². The molecule has 0 spiro atoms. The Morgan fingerprint density at radius 1 is 0.448 bits per heavy atom. The van der Waals surface area contributed by atoms with Gasteiger partial charge in [0.2, 0.25) is 0 Å². The Morgan fingerprint density at radius 3 is 1.69 bits per heavy atom. The molecule has 140 valence electrons. The molecule has 0 radical (unpaired) electrons. The first kappa shape index (κ1) is 17.5. The van der Waals surface area contributed by atoms with E-state index in [0.717, 1.165) is 0 Å². The third-order valence-corrected chi connectivity index (χ3v) is 5.59. The average molecular weight is 373 g/mol. The minimum Gasteiger partial charge on any atom is -0.310 e. The highest BCUT2D eigenvalue weighted by Crippen LogP contribution is 2.40. The molecule has 5 aromatic carbocycles. The van der Waals surface area contributed by atoms with Crippen molar-refractivity contribution >= 4 is 38.6 Å². The Hall–Kier alpha value is -3.58. The normalized spacial score (nSPS) is 11.1. The molecule has 29 heavy (non-hydrogen) atoms. The highest BCUT2D eigenvalue weighted by molar-refractivity contribution is 6.12. The van der Waals surface area contributed by atoms with E-state index in [2.05, 4.69) is 122 Å². The average Bonchev–Trinajstić information content (AvgIpc) is 2.76. The second kappa shape index (κ2) is 7.10. The van der Waals surface area contributed by atoms with Gasteiger partial charge in [0, 0.05) is 16.8 Å². The molecule has 0 amide bonds. The highest BCUT2D eigenvalue weighted by Gasteiger charge is 2.15. The molecule has 0 aliphatic heterocycles. The van der Waals surface area contributed by atoms with Gasteiger partial charge >= 0.3 is 0 Å². The van der Waals surface area contributed by atoms with E-state index < -0.39 is 0 Å². The van der Waals surface area contributed by atoms with Gasteiger partial charge in [-0.15, -0.1) is 0 Å². The van der Waals surface area contributed by atoms with Crippen LogP contribution in [0.15, 0.2) is 103 Å². The number of anilines is 3. The predicted molar refractivity (Wildman–Crippen MR) is 126 cm³/mol. The van der Waals surface area contributed by atoms with Gasteiger partial charge in [-0.1, -0.05) is 83.9 Å². The molecule has 5 rings (SSSR count). The number of benzene rings is 5. The van der Waals surface area contributed by atoms with Crippen LogP contribution in [0.4, 0.5) is 17.1 Å². The van der Waals surface area contributed by atoms with Crippen LogP contribution in [0.5, 0.6) is 0 Å². The van der Waals surface area contributed by atoms with E-state index >= 15 is 0 Å². The Kier molecular flexibility index (Phi) is 4.29. The molecule has 1 heteroatoms. The fraction of sp³-hybridized carbons (Fsp3) is 0.0714. The SMILES string of the molecule is Cc1ccc(N(c2ccc(C)cc2)c2cccc3c2ccc2ccccc23)cc1. The molecule has 0 saturated heterocycles. The number of rotatable bonds is 3. The van der Waals surface area contributed by atoms with Crippen molar-refractivity contribution in [2.45, 2.75) is 13.8 Å². The summed E-state index contributed by atoms with van der Waals surface area (Å²) in [5.41, 5.74) is 6.06. The lowest BCUT2D eigenvalue weighted by Crippen LogP contribution is -2.10. The van der Waals surface area contributed by atoms with Crippen LogP contribution < -0.4 is 4.90 Å². The summed E-state index contributed by atoms with van der Waals surface area (Å²) < 4.78 is 0. The summed E-state index contributed by atoms with van der Waals surface area (Å²) in [6.07, 6.45) is 0. The Morgan fingerprint density at radius 2 is 1.03 bits per heavy atom. The molecule has 0 atom stereocenters. The van der Waals surface area contributed by atoms with Crippen molar-refractivity contribution in [3.8, 4) is 0 Å². The van der Waals surface area contributed by atoms with Gasteiger partial charge < -0.3 is 4.90 Å².